The van der Waals surface area contributed by atoms with Crippen LogP contribution in [0.15, 0.2) is 94.7 Å². The van der Waals surface area contributed by atoms with Gasteiger partial charge in [0.05, 0.1) is 33.4 Å². The minimum atomic E-state index is -4.33. The average molecular weight is 915 g/mol. The first-order valence-corrected chi connectivity index (χ1v) is 21.1. The van der Waals surface area contributed by atoms with Crippen LogP contribution in [0.1, 0.15) is 51.3 Å². The molecular formula is C40H47IN6O7S2. The second-order valence-electron chi connectivity index (χ2n) is 14.5. The molecule has 4 aromatic carbocycles. The van der Waals surface area contributed by atoms with Crippen LogP contribution in [0.3, 0.4) is 0 Å². The van der Waals surface area contributed by atoms with Crippen molar-refractivity contribution in [2.24, 2.45) is 0 Å². The number of carbonyl (C=O) groups is 1. The Hall–Kier alpha value is -4.39. The zero-order valence-corrected chi connectivity index (χ0v) is 36.5. The zero-order chi connectivity index (χ0) is 40.7. The normalized spacial score (nSPS) is 12.0. The molecule has 5 aromatic rings. The largest absolute Gasteiger partial charge is 0.497 e. The molecule has 0 atom stereocenters. The monoisotopic (exact) mass is 914 g/mol. The number of alkyl carbamates (subject to hydrolysis) is 1. The van der Waals surface area contributed by atoms with E-state index in [1.54, 1.807) is 72.4 Å². The molecule has 1 N–H and O–H groups in total. The summed E-state index contributed by atoms with van der Waals surface area (Å²) in [5, 5.41) is 16.4. The summed E-state index contributed by atoms with van der Waals surface area (Å²) in [6.45, 7) is 9.51. The summed E-state index contributed by atoms with van der Waals surface area (Å²) in [5.41, 5.74) is 1.28. The van der Waals surface area contributed by atoms with Gasteiger partial charge < -0.3 is 24.3 Å². The molecule has 0 aliphatic rings. The summed E-state index contributed by atoms with van der Waals surface area (Å²) < 4.78 is 54.5. The van der Waals surface area contributed by atoms with Crippen molar-refractivity contribution in [1.29, 1.82) is 0 Å². The van der Waals surface area contributed by atoms with E-state index >= 15 is 8.42 Å². The molecule has 0 saturated carbocycles. The first-order valence-electron chi connectivity index (χ1n) is 17.6. The molecule has 1 amide bonds. The van der Waals surface area contributed by atoms with E-state index in [9.17, 15) is 4.79 Å². The van der Waals surface area contributed by atoms with Crippen LogP contribution in [0.25, 0.3) is 11.4 Å². The molecule has 0 spiro atoms. The fraction of sp³-hybridized carbons (Fsp3) is 0.350. The lowest BCUT2D eigenvalue weighted by molar-refractivity contribution is 0.0482. The maximum atomic E-state index is 15.4. The molecular weight excluding hydrogens is 868 g/mol. The third-order valence-corrected chi connectivity index (χ3v) is 12.7. The smallest absolute Gasteiger partial charge is 0.408 e. The van der Waals surface area contributed by atoms with E-state index in [1.165, 1.54) is 20.9 Å². The summed E-state index contributed by atoms with van der Waals surface area (Å²) in [5.74, 6) is 2.50. The fourth-order valence-electron chi connectivity index (χ4n) is 5.52. The molecule has 5 rings (SSSR count). The Kier molecular flexibility index (Phi) is 13.9. The Morgan fingerprint density at radius 3 is 1.77 bits per heavy atom. The average Bonchev–Trinajstić information content (AvgIpc) is 3.61. The number of thioether (sulfide) groups is 1. The lowest BCUT2D eigenvalue weighted by Crippen LogP contribution is -2.47. The molecule has 56 heavy (non-hydrogen) atoms. The number of benzene rings is 4. The summed E-state index contributed by atoms with van der Waals surface area (Å²) in [6, 6.07) is 25.7. The van der Waals surface area contributed by atoms with Crippen LogP contribution in [-0.4, -0.2) is 77.2 Å². The molecule has 0 saturated heterocycles. The van der Waals surface area contributed by atoms with Crippen molar-refractivity contribution < 1.29 is 32.2 Å². The molecule has 0 radical (unpaired) electrons. The maximum Gasteiger partial charge on any atom is 0.408 e. The molecule has 0 aliphatic heterocycles. The van der Waals surface area contributed by atoms with Crippen LogP contribution in [0.5, 0.6) is 17.2 Å². The number of nitrogens with zero attached hydrogens (tertiary/aromatic N) is 5. The Labute approximate surface area is 346 Å². The number of sulfonamides is 1. The number of halogens is 1. The number of nitrogens with one attached hydrogen (secondary N) is 1. The van der Waals surface area contributed by atoms with Crippen LogP contribution in [0, 0.1) is 3.57 Å². The van der Waals surface area contributed by atoms with Crippen molar-refractivity contribution in [3.63, 3.8) is 0 Å². The highest BCUT2D eigenvalue weighted by molar-refractivity contribution is 14.1. The van der Waals surface area contributed by atoms with Gasteiger partial charge in [0.1, 0.15) is 27.7 Å². The van der Waals surface area contributed by atoms with Gasteiger partial charge in [-0.15, -0.1) is 22.0 Å². The number of rotatable bonds is 16. The van der Waals surface area contributed by atoms with Gasteiger partial charge in [0.2, 0.25) is 15.8 Å². The van der Waals surface area contributed by atoms with Crippen LogP contribution in [0.2, 0.25) is 0 Å². The van der Waals surface area contributed by atoms with Crippen molar-refractivity contribution in [3.05, 3.63) is 105 Å². The van der Waals surface area contributed by atoms with Gasteiger partial charge in [0, 0.05) is 32.8 Å². The van der Waals surface area contributed by atoms with Gasteiger partial charge in [0.15, 0.2) is 0 Å². The molecule has 16 heteroatoms. The van der Waals surface area contributed by atoms with Gasteiger partial charge in [-0.25, -0.2) is 13.2 Å². The second kappa shape index (κ2) is 18.3. The van der Waals surface area contributed by atoms with E-state index in [4.69, 9.17) is 24.0 Å². The molecule has 13 nitrogen and oxygen atoms in total. The van der Waals surface area contributed by atoms with E-state index in [0.29, 0.717) is 37.8 Å². The quantitative estimate of drug-likeness (QED) is 0.0764. The summed E-state index contributed by atoms with van der Waals surface area (Å²) in [4.78, 5) is 14.7. The fourth-order valence-corrected chi connectivity index (χ4v) is 9.55. The summed E-state index contributed by atoms with van der Waals surface area (Å²) in [7, 11) is 0.438. The third-order valence-electron chi connectivity index (χ3n) is 8.29. The van der Waals surface area contributed by atoms with Crippen molar-refractivity contribution in [3.8, 4) is 28.6 Å². The lowest BCUT2D eigenvalue weighted by atomic mass is 10.1. The molecule has 1 aromatic heterocycles. The van der Waals surface area contributed by atoms with Gasteiger partial charge >= 0.3 is 6.09 Å². The van der Waals surface area contributed by atoms with Gasteiger partial charge in [0.25, 0.3) is 0 Å². The number of methoxy groups -OCH3 is 3. The van der Waals surface area contributed by atoms with E-state index in [-0.39, 0.29) is 23.8 Å². The third kappa shape index (κ3) is 11.4. The molecule has 1 heterocycles. The number of carbonyl (C=O) groups excluding carboxylic acids is 1. The van der Waals surface area contributed by atoms with E-state index < -0.39 is 27.3 Å². The van der Waals surface area contributed by atoms with Crippen molar-refractivity contribution in [2.45, 2.75) is 75.2 Å². The molecule has 0 unspecified atom stereocenters. The number of aromatic nitrogens is 4. The van der Waals surface area contributed by atoms with E-state index in [1.807, 2.05) is 68.4 Å². The highest BCUT2D eigenvalue weighted by Gasteiger charge is 2.35. The van der Waals surface area contributed by atoms with Gasteiger partial charge in [-0.05, 0) is 128 Å². The number of amides is 1. The Morgan fingerprint density at radius 1 is 0.786 bits per heavy atom. The van der Waals surface area contributed by atoms with Crippen LogP contribution in [-0.2, 0) is 34.4 Å². The summed E-state index contributed by atoms with van der Waals surface area (Å²) >= 11 is 3.43. The predicted molar refractivity (Wildman–Crippen MR) is 225 cm³/mol. The molecule has 298 valence electrons. The minimum absolute atomic E-state index is 0.0356. The highest BCUT2D eigenvalue weighted by atomic mass is 127. The number of tetrazole rings is 1. The first-order chi connectivity index (χ1) is 26.5. The second-order valence-corrected chi connectivity index (χ2v) is 18.6. The van der Waals surface area contributed by atoms with Crippen molar-refractivity contribution >= 4 is 50.5 Å². The van der Waals surface area contributed by atoms with Crippen molar-refractivity contribution in [1.82, 2.24) is 29.8 Å². The maximum absolute atomic E-state index is 15.4. The first kappa shape index (κ1) is 42.7. The number of ether oxygens (including phenoxy) is 4. The standard InChI is InChI=1S/C40H47IN6O7S2/c1-39(2,3)54-38(48)42-40(4,5)26-55-34-22-21-33(41)35(37-43-45-47(44-37)25-29-13-19-32(53-8)20-14-29)36(34)56(49,50)46(23-27-9-15-30(51-6)16-10-27)24-28-11-17-31(52-7)18-12-28/h9-22H,23-26H2,1-8H3,(H,42,48). The summed E-state index contributed by atoms with van der Waals surface area (Å²) in [6.07, 6.45) is -0.568. The molecule has 0 aliphatic carbocycles. The van der Waals surface area contributed by atoms with Gasteiger partial charge in [-0.3, -0.25) is 0 Å². The Morgan fingerprint density at radius 2 is 1.29 bits per heavy atom. The van der Waals surface area contributed by atoms with Crippen LogP contribution >= 0.6 is 34.4 Å². The number of hydrogen-bond donors (Lipinski definition) is 1. The highest BCUT2D eigenvalue weighted by Crippen LogP contribution is 2.40. The number of hydrogen-bond acceptors (Lipinski definition) is 11. The topological polar surface area (TPSA) is 147 Å². The zero-order valence-electron chi connectivity index (χ0n) is 32.7. The van der Waals surface area contributed by atoms with Crippen molar-refractivity contribution in [2.75, 3.05) is 27.1 Å². The van der Waals surface area contributed by atoms with Gasteiger partial charge in [-0.1, -0.05) is 36.4 Å². The predicted octanol–water partition coefficient (Wildman–Crippen LogP) is 7.81. The SMILES string of the molecule is COc1ccc(CN(Cc2ccc(OC)cc2)S(=O)(=O)c2c(SCC(C)(C)NC(=O)OC(C)(C)C)ccc(I)c2-c2nnn(Cc3ccc(OC)cc3)n2)cc1. The lowest BCUT2D eigenvalue weighted by Gasteiger charge is -2.29. The molecule has 0 fully saturated rings. The van der Waals surface area contributed by atoms with E-state index in [0.717, 1.165) is 22.4 Å². The van der Waals surface area contributed by atoms with E-state index in [2.05, 4.69) is 38.2 Å². The van der Waals surface area contributed by atoms with Gasteiger partial charge in [-0.2, -0.15) is 9.10 Å². The Bertz CT molecular complexity index is 2160. The Balaban J connectivity index is 1.61. The van der Waals surface area contributed by atoms with Crippen LogP contribution < -0.4 is 19.5 Å². The molecule has 0 bridgehead atoms. The van der Waals surface area contributed by atoms with Crippen LogP contribution in [0.4, 0.5) is 4.79 Å². The minimum Gasteiger partial charge on any atom is -0.497 e.